The highest BCUT2D eigenvalue weighted by molar-refractivity contribution is 7.94. The van der Waals surface area contributed by atoms with Gasteiger partial charge < -0.3 is 0 Å². The molecule has 2 aromatic carbocycles. The van der Waals surface area contributed by atoms with Gasteiger partial charge in [-0.2, -0.15) is 25.9 Å². The molecule has 0 radical (unpaired) electrons. The second kappa shape index (κ2) is 5.52. The lowest BCUT2D eigenvalue weighted by atomic mass is 10.2. The Bertz CT molecular complexity index is 910. The number of halogens is 3. The summed E-state index contributed by atoms with van der Waals surface area (Å²) in [7, 11) is -4.52. The van der Waals surface area contributed by atoms with Gasteiger partial charge in [0.2, 0.25) is 5.91 Å². The number of fused-ring (bicyclic) bond motifs is 1. The van der Waals surface area contributed by atoms with Crippen LogP contribution in [-0.4, -0.2) is 14.3 Å². The van der Waals surface area contributed by atoms with E-state index in [1.165, 1.54) is 12.1 Å². The number of hydrogen-bond donors (Lipinski definition) is 1. The summed E-state index contributed by atoms with van der Waals surface area (Å²) in [6.07, 6.45) is -4.86. The quantitative estimate of drug-likeness (QED) is 0.920. The first kappa shape index (κ1) is 16.3. The van der Waals surface area contributed by atoms with E-state index in [9.17, 15) is 26.4 Å². The molecule has 3 rings (SSSR count). The Morgan fingerprint density at radius 3 is 2.33 bits per heavy atom. The minimum atomic E-state index is -4.73. The lowest BCUT2D eigenvalue weighted by Gasteiger charge is -2.20. The molecule has 5 nitrogen and oxygen atoms in total. The molecule has 0 saturated carbocycles. The number of nitrogens with zero attached hydrogens (tertiary/aromatic N) is 1. The van der Waals surface area contributed by atoms with Gasteiger partial charge >= 0.3 is 16.4 Å². The Labute approximate surface area is 135 Å². The van der Waals surface area contributed by atoms with Crippen molar-refractivity contribution in [1.82, 2.24) is 0 Å². The fourth-order valence-electron chi connectivity index (χ4n) is 2.49. The summed E-state index contributed by atoms with van der Waals surface area (Å²) < 4.78 is 66.3. The number of benzene rings is 2. The number of carbonyl (C=O) groups is 1. The Hall–Kier alpha value is -2.55. The second-order valence-corrected chi connectivity index (χ2v) is 6.63. The first-order chi connectivity index (χ1) is 11.2. The zero-order chi connectivity index (χ0) is 17.5. The van der Waals surface area contributed by atoms with Gasteiger partial charge in [-0.15, -0.1) is 0 Å². The summed E-state index contributed by atoms with van der Waals surface area (Å²) >= 11 is 0. The number of alkyl halides is 3. The average Bonchev–Trinajstić information content (AvgIpc) is 2.82. The van der Waals surface area contributed by atoms with E-state index < -0.39 is 33.5 Å². The van der Waals surface area contributed by atoms with Crippen LogP contribution in [0.15, 0.2) is 48.5 Å². The molecule has 1 amide bonds. The Morgan fingerprint density at radius 1 is 1.00 bits per heavy atom. The third kappa shape index (κ3) is 2.82. The van der Waals surface area contributed by atoms with Crippen molar-refractivity contribution in [3.63, 3.8) is 0 Å². The largest absolute Gasteiger partial charge is 0.418 e. The lowest BCUT2D eigenvalue weighted by molar-refractivity contribution is -0.136. The van der Waals surface area contributed by atoms with Crippen molar-refractivity contribution in [1.29, 1.82) is 0 Å². The maximum atomic E-state index is 13.0. The van der Waals surface area contributed by atoms with Crippen LogP contribution >= 0.6 is 0 Å². The molecule has 126 valence electrons. The maximum absolute atomic E-state index is 13.0. The lowest BCUT2D eigenvalue weighted by Crippen LogP contribution is -2.38. The predicted octanol–water partition coefficient (Wildman–Crippen LogP) is 2.95. The van der Waals surface area contributed by atoms with Gasteiger partial charge in [-0.25, -0.2) is 0 Å². The van der Waals surface area contributed by atoms with Gasteiger partial charge in [0.15, 0.2) is 0 Å². The summed E-state index contributed by atoms with van der Waals surface area (Å²) in [5, 5.41) is 0. The SMILES string of the molecule is O=C1Cc2ccccc2N1S(=O)(=O)Nc1ccccc1C(F)(F)F. The highest BCUT2D eigenvalue weighted by Gasteiger charge is 2.39. The minimum Gasteiger partial charge on any atom is -0.273 e. The highest BCUT2D eigenvalue weighted by Crippen LogP contribution is 2.36. The number of hydrogen-bond acceptors (Lipinski definition) is 3. The molecule has 9 heteroatoms. The molecule has 1 aliphatic heterocycles. The molecule has 0 atom stereocenters. The van der Waals surface area contributed by atoms with Crippen molar-refractivity contribution < 1.29 is 26.4 Å². The van der Waals surface area contributed by atoms with Crippen LogP contribution in [0.2, 0.25) is 0 Å². The Balaban J connectivity index is 2.01. The predicted molar refractivity (Wildman–Crippen MR) is 81.6 cm³/mol. The maximum Gasteiger partial charge on any atom is 0.418 e. The van der Waals surface area contributed by atoms with Crippen LogP contribution in [0.1, 0.15) is 11.1 Å². The van der Waals surface area contributed by atoms with Crippen molar-refractivity contribution in [2.45, 2.75) is 12.6 Å². The van der Waals surface area contributed by atoms with Crippen molar-refractivity contribution >= 4 is 27.5 Å². The van der Waals surface area contributed by atoms with Gasteiger partial charge in [-0.1, -0.05) is 30.3 Å². The molecule has 1 N–H and O–H groups in total. The van der Waals surface area contributed by atoms with E-state index in [0.29, 0.717) is 9.87 Å². The normalized spacial score (nSPS) is 14.6. The van der Waals surface area contributed by atoms with Gasteiger partial charge in [0.1, 0.15) is 0 Å². The minimum absolute atomic E-state index is 0.127. The first-order valence-electron chi connectivity index (χ1n) is 6.80. The molecule has 0 spiro atoms. The third-order valence-electron chi connectivity index (χ3n) is 3.49. The van der Waals surface area contributed by atoms with Gasteiger partial charge in [-0.05, 0) is 23.8 Å². The summed E-state index contributed by atoms with van der Waals surface area (Å²) in [4.78, 5) is 12.0. The van der Waals surface area contributed by atoms with Gasteiger partial charge in [0, 0.05) is 0 Å². The van der Waals surface area contributed by atoms with Gasteiger partial charge in [0.05, 0.1) is 23.4 Å². The topological polar surface area (TPSA) is 66.5 Å². The molecule has 1 heterocycles. The van der Waals surface area contributed by atoms with E-state index in [1.807, 2.05) is 4.72 Å². The molecule has 1 aliphatic rings. The van der Waals surface area contributed by atoms with Crippen LogP contribution in [0.3, 0.4) is 0 Å². The molecule has 0 bridgehead atoms. The average molecular weight is 356 g/mol. The smallest absolute Gasteiger partial charge is 0.273 e. The zero-order valence-corrected chi connectivity index (χ0v) is 12.9. The van der Waals surface area contributed by atoms with Crippen LogP contribution in [0.25, 0.3) is 0 Å². The molecule has 0 fully saturated rings. The standard InChI is InChI=1S/C15H11F3N2O3S/c16-15(17,18)11-6-2-3-7-12(11)19-24(22,23)20-13-8-4-1-5-10(13)9-14(20)21/h1-8,19H,9H2. The van der Waals surface area contributed by atoms with Crippen LogP contribution in [0.4, 0.5) is 24.5 Å². The van der Waals surface area contributed by atoms with Crippen LogP contribution in [0.5, 0.6) is 0 Å². The van der Waals surface area contributed by atoms with E-state index in [0.717, 1.165) is 18.2 Å². The fraction of sp³-hybridized carbons (Fsp3) is 0.133. The molecule has 2 aromatic rings. The summed E-state index contributed by atoms with van der Waals surface area (Å²) in [5.74, 6) is -0.729. The second-order valence-electron chi connectivity index (χ2n) is 5.11. The van der Waals surface area contributed by atoms with Gasteiger partial charge in [0.25, 0.3) is 0 Å². The number of nitrogens with one attached hydrogen (secondary N) is 1. The third-order valence-corrected chi connectivity index (χ3v) is 4.85. The summed E-state index contributed by atoms with van der Waals surface area (Å²) in [5.41, 5.74) is -1.13. The van der Waals surface area contributed by atoms with E-state index in [2.05, 4.69) is 0 Å². The Kier molecular flexibility index (Phi) is 3.75. The van der Waals surface area contributed by atoms with Crippen LogP contribution in [0, 0.1) is 0 Å². The number of amides is 1. The molecular weight excluding hydrogens is 345 g/mol. The van der Waals surface area contributed by atoms with Crippen LogP contribution < -0.4 is 9.03 Å². The Morgan fingerprint density at radius 2 is 1.62 bits per heavy atom. The first-order valence-corrected chi connectivity index (χ1v) is 8.24. The van der Waals surface area contributed by atoms with E-state index in [1.54, 1.807) is 18.2 Å². The molecule has 0 aromatic heterocycles. The monoisotopic (exact) mass is 356 g/mol. The number of anilines is 2. The van der Waals surface area contributed by atoms with Crippen molar-refractivity contribution in [3.8, 4) is 0 Å². The van der Waals surface area contributed by atoms with E-state index >= 15 is 0 Å². The van der Waals surface area contributed by atoms with Crippen molar-refractivity contribution in [3.05, 3.63) is 59.7 Å². The molecule has 24 heavy (non-hydrogen) atoms. The number of rotatable bonds is 3. The summed E-state index contributed by atoms with van der Waals surface area (Å²) in [6.45, 7) is 0. The molecule has 0 saturated heterocycles. The van der Waals surface area contributed by atoms with Crippen molar-refractivity contribution in [2.75, 3.05) is 9.03 Å². The number of para-hydroxylation sites is 2. The molecular formula is C15H11F3N2O3S. The van der Waals surface area contributed by atoms with Crippen LogP contribution in [-0.2, 0) is 27.6 Å². The van der Waals surface area contributed by atoms with E-state index in [-0.39, 0.29) is 12.1 Å². The zero-order valence-electron chi connectivity index (χ0n) is 12.0. The highest BCUT2D eigenvalue weighted by atomic mass is 32.2. The van der Waals surface area contributed by atoms with E-state index in [4.69, 9.17) is 0 Å². The number of carbonyl (C=O) groups excluding carboxylic acids is 1. The molecule has 0 aliphatic carbocycles. The fourth-order valence-corrected chi connectivity index (χ4v) is 3.81. The van der Waals surface area contributed by atoms with Crippen molar-refractivity contribution in [2.24, 2.45) is 0 Å². The summed E-state index contributed by atoms with van der Waals surface area (Å²) in [6, 6.07) is 10.4. The molecule has 0 unspecified atom stereocenters. The van der Waals surface area contributed by atoms with Gasteiger partial charge in [-0.3, -0.25) is 9.52 Å².